The van der Waals surface area contributed by atoms with Gasteiger partial charge in [0.2, 0.25) is 0 Å². The van der Waals surface area contributed by atoms with Gasteiger partial charge in [0.1, 0.15) is 5.82 Å². The standard InChI is InChI=1S/C10H15FN2O/c11-9-3-1-8(2-4-9)5-13-6-10(12)7-14/h1-4,10,13-14H,5-7,12H2. The summed E-state index contributed by atoms with van der Waals surface area (Å²) in [5.41, 5.74) is 6.49. The van der Waals surface area contributed by atoms with E-state index in [0.717, 1.165) is 5.56 Å². The molecule has 0 spiro atoms. The van der Waals surface area contributed by atoms with E-state index in [1.165, 1.54) is 12.1 Å². The van der Waals surface area contributed by atoms with E-state index in [4.69, 9.17) is 10.8 Å². The molecule has 0 bridgehead atoms. The second-order valence-corrected chi connectivity index (χ2v) is 3.20. The van der Waals surface area contributed by atoms with E-state index in [2.05, 4.69) is 5.32 Å². The summed E-state index contributed by atoms with van der Waals surface area (Å²) in [5.74, 6) is -0.235. The molecule has 4 heteroatoms. The monoisotopic (exact) mass is 198 g/mol. The van der Waals surface area contributed by atoms with Crippen molar-refractivity contribution in [2.24, 2.45) is 5.73 Å². The summed E-state index contributed by atoms with van der Waals surface area (Å²) in [6, 6.07) is 6.03. The molecule has 0 aromatic heterocycles. The summed E-state index contributed by atoms with van der Waals surface area (Å²) in [5, 5.41) is 11.7. The van der Waals surface area contributed by atoms with Crippen molar-refractivity contribution in [1.82, 2.24) is 5.32 Å². The van der Waals surface area contributed by atoms with Gasteiger partial charge in [0.15, 0.2) is 0 Å². The molecule has 1 atom stereocenters. The van der Waals surface area contributed by atoms with Crippen LogP contribution in [0.3, 0.4) is 0 Å². The summed E-state index contributed by atoms with van der Waals surface area (Å²) >= 11 is 0. The average Bonchev–Trinajstić information content (AvgIpc) is 2.21. The van der Waals surface area contributed by atoms with Crippen molar-refractivity contribution >= 4 is 0 Å². The predicted molar refractivity (Wildman–Crippen MR) is 53.2 cm³/mol. The molecule has 1 aromatic rings. The minimum absolute atomic E-state index is 0.0313. The Balaban J connectivity index is 2.28. The highest BCUT2D eigenvalue weighted by atomic mass is 19.1. The van der Waals surface area contributed by atoms with E-state index in [0.29, 0.717) is 13.1 Å². The topological polar surface area (TPSA) is 58.3 Å². The average molecular weight is 198 g/mol. The first-order chi connectivity index (χ1) is 6.72. The Morgan fingerprint density at radius 2 is 2.00 bits per heavy atom. The molecule has 0 radical (unpaired) electrons. The molecular weight excluding hydrogens is 183 g/mol. The predicted octanol–water partition coefficient (Wildman–Crippen LogP) is 0.235. The number of nitrogens with two attached hydrogens (primary N) is 1. The molecule has 0 saturated heterocycles. The number of halogens is 1. The number of hydrogen-bond donors (Lipinski definition) is 3. The number of rotatable bonds is 5. The fourth-order valence-corrected chi connectivity index (χ4v) is 1.07. The molecule has 4 N–H and O–H groups in total. The summed E-state index contributed by atoms with van der Waals surface area (Å²) in [4.78, 5) is 0. The van der Waals surface area contributed by atoms with Gasteiger partial charge in [-0.1, -0.05) is 12.1 Å². The van der Waals surface area contributed by atoms with Crippen molar-refractivity contribution in [3.63, 3.8) is 0 Å². The lowest BCUT2D eigenvalue weighted by Gasteiger charge is -2.09. The van der Waals surface area contributed by atoms with Crippen molar-refractivity contribution < 1.29 is 9.50 Å². The Morgan fingerprint density at radius 1 is 1.36 bits per heavy atom. The van der Waals surface area contributed by atoms with Crippen LogP contribution in [0, 0.1) is 5.82 Å². The fraction of sp³-hybridized carbons (Fsp3) is 0.400. The first-order valence-corrected chi connectivity index (χ1v) is 4.54. The molecule has 1 rings (SSSR count). The molecule has 1 aromatic carbocycles. The van der Waals surface area contributed by atoms with Gasteiger partial charge in [-0.2, -0.15) is 0 Å². The van der Waals surface area contributed by atoms with Gasteiger partial charge < -0.3 is 16.2 Å². The Labute approximate surface area is 82.7 Å². The molecule has 78 valence electrons. The fourth-order valence-electron chi connectivity index (χ4n) is 1.07. The quantitative estimate of drug-likeness (QED) is 0.635. The van der Waals surface area contributed by atoms with Gasteiger partial charge in [0.25, 0.3) is 0 Å². The van der Waals surface area contributed by atoms with Gasteiger partial charge in [-0.15, -0.1) is 0 Å². The molecule has 3 nitrogen and oxygen atoms in total. The highest BCUT2D eigenvalue weighted by Gasteiger charge is 1.99. The van der Waals surface area contributed by atoms with Gasteiger partial charge in [-0.25, -0.2) is 4.39 Å². The zero-order valence-corrected chi connectivity index (χ0v) is 7.91. The van der Waals surface area contributed by atoms with Gasteiger partial charge in [0.05, 0.1) is 6.61 Å². The third-order valence-corrected chi connectivity index (χ3v) is 1.88. The Kier molecular flexibility index (Phi) is 4.52. The number of nitrogens with one attached hydrogen (secondary N) is 1. The van der Waals surface area contributed by atoms with E-state index < -0.39 is 0 Å². The second kappa shape index (κ2) is 5.70. The number of aliphatic hydroxyl groups is 1. The van der Waals surface area contributed by atoms with Crippen molar-refractivity contribution in [2.45, 2.75) is 12.6 Å². The van der Waals surface area contributed by atoms with Crippen molar-refractivity contribution in [3.05, 3.63) is 35.6 Å². The van der Waals surface area contributed by atoms with Gasteiger partial charge in [0, 0.05) is 19.1 Å². The van der Waals surface area contributed by atoms with Crippen LogP contribution in [0.25, 0.3) is 0 Å². The van der Waals surface area contributed by atoms with Crippen molar-refractivity contribution in [1.29, 1.82) is 0 Å². The van der Waals surface area contributed by atoms with Crippen LogP contribution >= 0.6 is 0 Å². The van der Waals surface area contributed by atoms with Crippen molar-refractivity contribution in [2.75, 3.05) is 13.2 Å². The number of hydrogen-bond acceptors (Lipinski definition) is 3. The van der Waals surface area contributed by atoms with E-state index in [1.807, 2.05) is 0 Å². The minimum Gasteiger partial charge on any atom is -0.395 e. The molecule has 0 saturated carbocycles. The molecule has 0 aliphatic heterocycles. The molecule has 0 heterocycles. The van der Waals surface area contributed by atoms with E-state index in [9.17, 15) is 4.39 Å². The SMILES string of the molecule is NC(CO)CNCc1ccc(F)cc1. The highest BCUT2D eigenvalue weighted by Crippen LogP contribution is 2.01. The van der Waals surface area contributed by atoms with Crippen LogP contribution in [0.5, 0.6) is 0 Å². The molecule has 0 aliphatic carbocycles. The molecule has 0 amide bonds. The lowest BCUT2D eigenvalue weighted by atomic mass is 10.2. The molecule has 14 heavy (non-hydrogen) atoms. The molecule has 1 unspecified atom stereocenters. The number of benzene rings is 1. The maximum atomic E-state index is 12.5. The Morgan fingerprint density at radius 3 is 2.57 bits per heavy atom. The minimum atomic E-state index is -0.240. The van der Waals surface area contributed by atoms with Crippen molar-refractivity contribution in [3.8, 4) is 0 Å². The van der Waals surface area contributed by atoms with E-state index in [-0.39, 0.29) is 18.5 Å². The van der Waals surface area contributed by atoms with Crippen LogP contribution in [-0.4, -0.2) is 24.3 Å². The highest BCUT2D eigenvalue weighted by molar-refractivity contribution is 5.15. The van der Waals surface area contributed by atoms with Crippen LogP contribution in [0.1, 0.15) is 5.56 Å². The van der Waals surface area contributed by atoms with Gasteiger partial charge >= 0.3 is 0 Å². The zero-order valence-electron chi connectivity index (χ0n) is 7.91. The smallest absolute Gasteiger partial charge is 0.123 e. The maximum Gasteiger partial charge on any atom is 0.123 e. The van der Waals surface area contributed by atoms with Gasteiger partial charge in [-0.3, -0.25) is 0 Å². The normalized spacial score (nSPS) is 12.8. The molecular formula is C10H15FN2O. The Hall–Kier alpha value is -0.970. The maximum absolute atomic E-state index is 12.5. The third-order valence-electron chi connectivity index (χ3n) is 1.88. The summed E-state index contributed by atoms with van der Waals surface area (Å²) in [7, 11) is 0. The Bertz CT molecular complexity index is 263. The first-order valence-electron chi connectivity index (χ1n) is 4.54. The lowest BCUT2D eigenvalue weighted by molar-refractivity contribution is 0.262. The first kappa shape index (κ1) is 11.1. The third kappa shape index (κ3) is 3.83. The van der Waals surface area contributed by atoms with Crippen LogP contribution < -0.4 is 11.1 Å². The zero-order chi connectivity index (χ0) is 10.4. The second-order valence-electron chi connectivity index (χ2n) is 3.20. The molecule has 0 fully saturated rings. The van der Waals surface area contributed by atoms with Gasteiger partial charge in [-0.05, 0) is 17.7 Å². The summed E-state index contributed by atoms with van der Waals surface area (Å²) in [6.07, 6.45) is 0. The lowest BCUT2D eigenvalue weighted by Crippen LogP contribution is -2.36. The summed E-state index contributed by atoms with van der Waals surface area (Å²) < 4.78 is 12.5. The van der Waals surface area contributed by atoms with Crippen LogP contribution in [-0.2, 0) is 6.54 Å². The van der Waals surface area contributed by atoms with E-state index >= 15 is 0 Å². The summed E-state index contributed by atoms with van der Waals surface area (Å²) in [6.45, 7) is 1.15. The van der Waals surface area contributed by atoms with Crippen LogP contribution in [0.4, 0.5) is 4.39 Å². The largest absolute Gasteiger partial charge is 0.395 e. The van der Waals surface area contributed by atoms with E-state index in [1.54, 1.807) is 12.1 Å². The molecule has 0 aliphatic rings. The van der Waals surface area contributed by atoms with Crippen LogP contribution in [0.15, 0.2) is 24.3 Å². The van der Waals surface area contributed by atoms with Crippen LogP contribution in [0.2, 0.25) is 0 Å². The number of aliphatic hydroxyl groups excluding tert-OH is 1.